The van der Waals surface area contributed by atoms with Crippen LogP contribution in [0.2, 0.25) is 5.02 Å². The molecule has 1 N–H and O–H groups in total. The van der Waals surface area contributed by atoms with Gasteiger partial charge in [-0.1, -0.05) is 30.7 Å². The van der Waals surface area contributed by atoms with Crippen molar-refractivity contribution in [3.63, 3.8) is 0 Å². The maximum absolute atomic E-state index is 14.3. The van der Waals surface area contributed by atoms with Crippen molar-refractivity contribution in [3.05, 3.63) is 52.8 Å². The van der Waals surface area contributed by atoms with Gasteiger partial charge in [-0.3, -0.25) is 0 Å². The third-order valence-electron chi connectivity index (χ3n) is 3.71. The number of hydrogen-bond donors (Lipinski definition) is 1. The lowest BCUT2D eigenvalue weighted by Gasteiger charge is -2.19. The number of rotatable bonds is 7. The van der Waals surface area contributed by atoms with Crippen molar-refractivity contribution in [1.29, 1.82) is 0 Å². The van der Waals surface area contributed by atoms with Gasteiger partial charge < -0.3 is 9.47 Å². The summed E-state index contributed by atoms with van der Waals surface area (Å²) in [6.45, 7) is 1.83. The van der Waals surface area contributed by atoms with Gasteiger partial charge in [0.15, 0.2) is 11.5 Å². The Labute approximate surface area is 151 Å². The normalized spacial score (nSPS) is 12.7. The topological polar surface area (TPSA) is 64.6 Å². The first kappa shape index (κ1) is 19.5. The molecule has 0 heterocycles. The third-order valence-corrected chi connectivity index (χ3v) is 5.44. The van der Waals surface area contributed by atoms with E-state index in [1.807, 2.05) is 6.92 Å². The van der Waals surface area contributed by atoms with Gasteiger partial charge in [0.25, 0.3) is 0 Å². The molecule has 2 aromatic carbocycles. The smallest absolute Gasteiger partial charge is 0.244 e. The highest BCUT2D eigenvalue weighted by molar-refractivity contribution is 7.89. The zero-order chi connectivity index (χ0) is 18.6. The summed E-state index contributed by atoms with van der Waals surface area (Å²) in [6, 6.07) is 8.36. The van der Waals surface area contributed by atoms with E-state index in [9.17, 15) is 12.8 Å². The van der Waals surface area contributed by atoms with E-state index in [0.717, 1.165) is 17.7 Å². The van der Waals surface area contributed by atoms with Gasteiger partial charge in [-0.25, -0.2) is 17.5 Å². The number of methoxy groups -OCH3 is 2. The highest BCUT2D eigenvalue weighted by Gasteiger charge is 2.25. The van der Waals surface area contributed by atoms with E-state index in [1.54, 1.807) is 24.3 Å². The minimum Gasteiger partial charge on any atom is -0.493 e. The number of halogens is 2. The van der Waals surface area contributed by atoms with Crippen LogP contribution in [0.5, 0.6) is 11.5 Å². The molecule has 0 aliphatic heterocycles. The van der Waals surface area contributed by atoms with Crippen LogP contribution in [0, 0.1) is 5.82 Å². The lowest BCUT2D eigenvalue weighted by atomic mass is 10.1. The SMILES string of the molecule is CCC(NS(=O)(=O)c1cc(OC)c(OC)cc1F)c1ccc(Cl)cc1. The maximum Gasteiger partial charge on any atom is 0.244 e. The second-order valence-corrected chi connectivity index (χ2v) is 7.39. The molecule has 0 spiro atoms. The zero-order valence-electron chi connectivity index (χ0n) is 14.0. The number of hydrogen-bond acceptors (Lipinski definition) is 4. The fourth-order valence-corrected chi connectivity index (χ4v) is 3.88. The van der Waals surface area contributed by atoms with Crippen molar-refractivity contribution in [3.8, 4) is 11.5 Å². The number of ether oxygens (including phenoxy) is 2. The molecule has 1 unspecified atom stereocenters. The Hall–Kier alpha value is -1.83. The summed E-state index contributed by atoms with van der Waals surface area (Å²) in [6.07, 6.45) is 0.482. The second kappa shape index (κ2) is 8.03. The largest absolute Gasteiger partial charge is 0.493 e. The van der Waals surface area contributed by atoms with E-state index in [0.29, 0.717) is 11.4 Å². The number of nitrogens with one attached hydrogen (secondary N) is 1. The highest BCUT2D eigenvalue weighted by atomic mass is 35.5. The van der Waals surface area contributed by atoms with Crippen molar-refractivity contribution in [2.24, 2.45) is 0 Å². The summed E-state index contributed by atoms with van der Waals surface area (Å²) >= 11 is 5.86. The van der Waals surface area contributed by atoms with Crippen molar-refractivity contribution >= 4 is 21.6 Å². The Kier molecular flexibility index (Phi) is 6.26. The molecule has 8 heteroatoms. The van der Waals surface area contributed by atoms with E-state index in [4.69, 9.17) is 21.1 Å². The third kappa shape index (κ3) is 4.42. The first-order valence-corrected chi connectivity index (χ1v) is 9.37. The molecule has 0 radical (unpaired) electrons. The molecule has 0 aliphatic rings. The Morgan fingerprint density at radius 2 is 1.68 bits per heavy atom. The molecule has 0 saturated heterocycles. The summed E-state index contributed by atoms with van der Waals surface area (Å²) in [4.78, 5) is -0.502. The fraction of sp³-hybridized carbons (Fsp3) is 0.294. The van der Waals surface area contributed by atoms with Gasteiger partial charge in [-0.15, -0.1) is 0 Å². The molecule has 0 fully saturated rings. The van der Waals surface area contributed by atoms with Crippen LogP contribution in [0.4, 0.5) is 4.39 Å². The standard InChI is InChI=1S/C17H19ClFNO4S/c1-4-14(11-5-7-12(18)8-6-11)20-25(21,22)17-10-16(24-3)15(23-2)9-13(17)19/h5-10,14,20H,4H2,1-3H3. The zero-order valence-corrected chi connectivity index (χ0v) is 15.6. The number of sulfonamides is 1. The van der Waals surface area contributed by atoms with Crippen LogP contribution in [-0.4, -0.2) is 22.6 Å². The molecular weight excluding hydrogens is 369 g/mol. The monoisotopic (exact) mass is 387 g/mol. The second-order valence-electron chi connectivity index (χ2n) is 5.27. The Bertz CT molecular complexity index is 840. The van der Waals surface area contributed by atoms with Crippen molar-refractivity contribution in [1.82, 2.24) is 4.72 Å². The molecule has 2 rings (SSSR count). The van der Waals surface area contributed by atoms with Crippen LogP contribution < -0.4 is 14.2 Å². The molecule has 0 aromatic heterocycles. The summed E-state index contributed by atoms with van der Waals surface area (Å²) in [7, 11) is -1.42. The molecule has 136 valence electrons. The van der Waals surface area contributed by atoms with E-state index in [-0.39, 0.29) is 11.5 Å². The predicted molar refractivity (Wildman–Crippen MR) is 94.3 cm³/mol. The summed E-state index contributed by atoms with van der Waals surface area (Å²) in [5, 5.41) is 0.549. The molecule has 25 heavy (non-hydrogen) atoms. The van der Waals surface area contributed by atoms with Gasteiger partial charge in [0.05, 0.1) is 14.2 Å². The summed E-state index contributed by atoms with van der Waals surface area (Å²) < 4.78 is 52.2. The summed E-state index contributed by atoms with van der Waals surface area (Å²) in [5.74, 6) is -0.677. The van der Waals surface area contributed by atoms with Gasteiger partial charge in [0.1, 0.15) is 10.7 Å². The fourth-order valence-electron chi connectivity index (χ4n) is 2.37. The molecule has 1 atom stereocenters. The van der Waals surface area contributed by atoms with Gasteiger partial charge in [0, 0.05) is 23.2 Å². The minimum absolute atomic E-state index is 0.115. The van der Waals surface area contributed by atoms with Crippen molar-refractivity contribution in [2.75, 3.05) is 14.2 Å². The van der Waals surface area contributed by atoms with Gasteiger partial charge in [-0.05, 0) is 24.1 Å². The Morgan fingerprint density at radius 1 is 1.12 bits per heavy atom. The van der Waals surface area contributed by atoms with Crippen molar-refractivity contribution < 1.29 is 22.3 Å². The van der Waals surface area contributed by atoms with Crippen LogP contribution in [0.25, 0.3) is 0 Å². The Balaban J connectivity index is 2.39. The van der Waals surface area contributed by atoms with Gasteiger partial charge in [-0.2, -0.15) is 0 Å². The van der Waals surface area contributed by atoms with E-state index in [2.05, 4.69) is 4.72 Å². The van der Waals surface area contributed by atoms with Crippen LogP contribution in [-0.2, 0) is 10.0 Å². The molecule has 5 nitrogen and oxygen atoms in total. The lowest BCUT2D eigenvalue weighted by molar-refractivity contribution is 0.350. The predicted octanol–water partition coefficient (Wildman–Crippen LogP) is 3.93. The van der Waals surface area contributed by atoms with Gasteiger partial charge in [0.2, 0.25) is 10.0 Å². The number of benzene rings is 2. The Morgan fingerprint density at radius 3 is 2.20 bits per heavy atom. The van der Waals surface area contributed by atoms with Crippen LogP contribution >= 0.6 is 11.6 Å². The summed E-state index contributed by atoms with van der Waals surface area (Å²) in [5.41, 5.74) is 0.733. The first-order valence-electron chi connectivity index (χ1n) is 7.51. The average molecular weight is 388 g/mol. The molecule has 0 amide bonds. The maximum atomic E-state index is 14.3. The van der Waals surface area contributed by atoms with Crippen molar-refractivity contribution in [2.45, 2.75) is 24.3 Å². The van der Waals surface area contributed by atoms with E-state index >= 15 is 0 Å². The molecule has 0 saturated carbocycles. The highest BCUT2D eigenvalue weighted by Crippen LogP contribution is 2.32. The van der Waals surface area contributed by atoms with E-state index in [1.165, 1.54) is 14.2 Å². The molecule has 0 bridgehead atoms. The van der Waals surface area contributed by atoms with Crippen LogP contribution in [0.15, 0.2) is 41.3 Å². The average Bonchev–Trinajstić information content (AvgIpc) is 2.60. The first-order chi connectivity index (χ1) is 11.8. The molecular formula is C17H19ClFNO4S. The van der Waals surface area contributed by atoms with Crippen LogP contribution in [0.1, 0.15) is 24.9 Å². The quantitative estimate of drug-likeness (QED) is 0.781. The van der Waals surface area contributed by atoms with Gasteiger partial charge >= 0.3 is 0 Å². The van der Waals surface area contributed by atoms with Crippen LogP contribution in [0.3, 0.4) is 0 Å². The minimum atomic E-state index is -4.11. The molecule has 2 aromatic rings. The molecule has 0 aliphatic carbocycles. The van der Waals surface area contributed by atoms with E-state index < -0.39 is 26.8 Å². The lowest BCUT2D eigenvalue weighted by Crippen LogP contribution is -2.29.